The molecule has 1 aliphatic rings. The van der Waals surface area contributed by atoms with Gasteiger partial charge in [-0.2, -0.15) is 0 Å². The van der Waals surface area contributed by atoms with Gasteiger partial charge in [-0.3, -0.25) is 14.6 Å². The predicted octanol–water partition coefficient (Wildman–Crippen LogP) is 4.50. The molecule has 150 valence electrons. The fourth-order valence-corrected chi connectivity index (χ4v) is 3.64. The van der Waals surface area contributed by atoms with Crippen molar-refractivity contribution in [3.05, 3.63) is 106 Å². The molecule has 7 heteroatoms. The van der Waals surface area contributed by atoms with Gasteiger partial charge in [0.25, 0.3) is 11.7 Å². The number of hydrogen-bond donors (Lipinski definition) is 1. The second kappa shape index (κ2) is 8.08. The molecular formula is C23H16ClFN2O3. The molecule has 1 saturated heterocycles. The van der Waals surface area contributed by atoms with Crippen molar-refractivity contribution in [2.75, 3.05) is 0 Å². The van der Waals surface area contributed by atoms with Crippen LogP contribution in [0.25, 0.3) is 5.76 Å². The first-order chi connectivity index (χ1) is 14.5. The summed E-state index contributed by atoms with van der Waals surface area (Å²) in [7, 11) is 0. The number of pyridine rings is 1. The maximum atomic E-state index is 14.0. The number of benzene rings is 2. The zero-order chi connectivity index (χ0) is 21.3. The highest BCUT2D eigenvalue weighted by Crippen LogP contribution is 2.40. The van der Waals surface area contributed by atoms with E-state index < -0.39 is 23.5 Å². The highest BCUT2D eigenvalue weighted by atomic mass is 35.5. The highest BCUT2D eigenvalue weighted by molar-refractivity contribution is 6.46. The summed E-state index contributed by atoms with van der Waals surface area (Å²) in [5.41, 5.74) is 1.32. The number of aliphatic hydroxyl groups excluding tert-OH is 1. The molecule has 4 rings (SSSR count). The molecule has 1 unspecified atom stereocenters. The summed E-state index contributed by atoms with van der Waals surface area (Å²) < 4.78 is 14.0. The fourth-order valence-electron chi connectivity index (χ4n) is 3.52. The first kappa shape index (κ1) is 19.8. The Labute approximate surface area is 177 Å². The Hall–Kier alpha value is -3.51. The Morgan fingerprint density at radius 1 is 1.10 bits per heavy atom. The summed E-state index contributed by atoms with van der Waals surface area (Å²) >= 11 is 5.91. The molecule has 0 saturated carbocycles. The SMILES string of the molecule is O=C1C(=O)N(Cc2cccnc2)C(c2cccc(F)c2)/C1=C(/O)c1ccc(Cl)cc1. The van der Waals surface area contributed by atoms with Crippen LogP contribution in [0.1, 0.15) is 22.7 Å². The fraction of sp³-hybridized carbons (Fsp3) is 0.0870. The largest absolute Gasteiger partial charge is 0.507 e. The van der Waals surface area contributed by atoms with Gasteiger partial charge in [-0.25, -0.2) is 4.39 Å². The molecule has 1 fully saturated rings. The predicted molar refractivity (Wildman–Crippen MR) is 110 cm³/mol. The molecule has 2 aromatic carbocycles. The van der Waals surface area contributed by atoms with Crippen LogP contribution in [0.3, 0.4) is 0 Å². The van der Waals surface area contributed by atoms with E-state index in [1.54, 1.807) is 54.9 Å². The molecule has 1 aromatic heterocycles. The van der Waals surface area contributed by atoms with Crippen molar-refractivity contribution < 1.29 is 19.1 Å². The van der Waals surface area contributed by atoms with Crippen molar-refractivity contribution in [1.29, 1.82) is 0 Å². The maximum Gasteiger partial charge on any atom is 0.295 e. The molecule has 1 atom stereocenters. The van der Waals surface area contributed by atoms with Gasteiger partial charge in [0.05, 0.1) is 11.6 Å². The normalized spacial score (nSPS) is 18.1. The van der Waals surface area contributed by atoms with Crippen molar-refractivity contribution in [2.24, 2.45) is 0 Å². The third kappa shape index (κ3) is 3.69. The highest BCUT2D eigenvalue weighted by Gasteiger charge is 2.46. The molecule has 0 aliphatic carbocycles. The first-order valence-corrected chi connectivity index (χ1v) is 9.52. The van der Waals surface area contributed by atoms with E-state index in [4.69, 9.17) is 11.6 Å². The molecule has 1 aliphatic heterocycles. The Kier molecular flexibility index (Phi) is 5.33. The topological polar surface area (TPSA) is 70.5 Å². The van der Waals surface area contributed by atoms with Crippen LogP contribution in [0.15, 0.2) is 78.6 Å². The lowest BCUT2D eigenvalue weighted by Gasteiger charge is -2.25. The number of halogens is 2. The first-order valence-electron chi connectivity index (χ1n) is 9.14. The number of aliphatic hydroxyl groups is 1. The standard InChI is InChI=1S/C23H16ClFN2O3/c24-17-8-6-15(7-9-17)21(28)19-20(16-4-1-5-18(25)11-16)27(23(30)22(19)29)13-14-3-2-10-26-12-14/h1-12,20,28H,13H2/b21-19-. The Balaban J connectivity index is 1.87. The minimum Gasteiger partial charge on any atom is -0.507 e. The van der Waals surface area contributed by atoms with Crippen molar-refractivity contribution in [2.45, 2.75) is 12.6 Å². The van der Waals surface area contributed by atoms with Crippen molar-refractivity contribution >= 4 is 29.1 Å². The number of aromatic nitrogens is 1. The van der Waals surface area contributed by atoms with Crippen LogP contribution >= 0.6 is 11.6 Å². The molecule has 0 radical (unpaired) electrons. The Morgan fingerprint density at radius 3 is 2.53 bits per heavy atom. The molecule has 3 aromatic rings. The number of ketones is 1. The summed E-state index contributed by atoms with van der Waals surface area (Å²) in [6, 6.07) is 14.4. The quantitative estimate of drug-likeness (QED) is 0.382. The van der Waals surface area contributed by atoms with Gasteiger partial charge in [0, 0.05) is 29.5 Å². The molecule has 1 N–H and O–H groups in total. The van der Waals surface area contributed by atoms with Crippen LogP contribution in [0, 0.1) is 5.82 Å². The summed E-state index contributed by atoms with van der Waals surface area (Å²) in [6.45, 7) is 0.0803. The van der Waals surface area contributed by atoms with Gasteiger partial charge in [0.1, 0.15) is 11.6 Å². The Morgan fingerprint density at radius 2 is 1.87 bits per heavy atom. The van der Waals surface area contributed by atoms with E-state index in [9.17, 15) is 19.1 Å². The lowest BCUT2D eigenvalue weighted by Crippen LogP contribution is -2.29. The number of amides is 1. The van der Waals surface area contributed by atoms with E-state index in [2.05, 4.69) is 4.98 Å². The maximum absolute atomic E-state index is 14.0. The van der Waals surface area contributed by atoms with Crippen LogP contribution in [-0.4, -0.2) is 26.7 Å². The third-order valence-corrected chi connectivity index (χ3v) is 5.15. The van der Waals surface area contributed by atoms with E-state index in [0.29, 0.717) is 21.7 Å². The molecule has 2 heterocycles. The van der Waals surface area contributed by atoms with Gasteiger partial charge in [-0.05, 0) is 53.6 Å². The lowest BCUT2D eigenvalue weighted by molar-refractivity contribution is -0.140. The summed E-state index contributed by atoms with van der Waals surface area (Å²) in [5, 5.41) is 11.4. The van der Waals surface area contributed by atoms with Gasteiger partial charge in [-0.1, -0.05) is 29.8 Å². The minimum absolute atomic E-state index is 0.0803. The van der Waals surface area contributed by atoms with Gasteiger partial charge in [0.2, 0.25) is 0 Å². The van der Waals surface area contributed by atoms with Gasteiger partial charge < -0.3 is 10.0 Å². The second-order valence-corrected chi connectivity index (χ2v) is 7.29. The summed E-state index contributed by atoms with van der Waals surface area (Å²) in [6.07, 6.45) is 3.18. The van der Waals surface area contributed by atoms with Crippen molar-refractivity contribution in [3.8, 4) is 0 Å². The Bertz CT molecular complexity index is 1150. The zero-order valence-corrected chi connectivity index (χ0v) is 16.4. The monoisotopic (exact) mass is 422 g/mol. The van der Waals surface area contributed by atoms with E-state index >= 15 is 0 Å². The molecule has 5 nitrogen and oxygen atoms in total. The van der Waals surface area contributed by atoms with Crippen LogP contribution in [-0.2, 0) is 16.1 Å². The molecule has 1 amide bonds. The number of likely N-dealkylation sites (tertiary alicyclic amines) is 1. The smallest absolute Gasteiger partial charge is 0.295 e. The average Bonchev–Trinajstić information content (AvgIpc) is 2.99. The van der Waals surface area contributed by atoms with E-state index in [-0.39, 0.29) is 17.9 Å². The molecule has 0 spiro atoms. The van der Waals surface area contributed by atoms with Crippen LogP contribution in [0.4, 0.5) is 4.39 Å². The van der Waals surface area contributed by atoms with Crippen LogP contribution in [0.5, 0.6) is 0 Å². The van der Waals surface area contributed by atoms with Crippen LogP contribution < -0.4 is 0 Å². The number of carbonyl (C=O) groups is 2. The van der Waals surface area contributed by atoms with Crippen molar-refractivity contribution in [1.82, 2.24) is 9.88 Å². The number of nitrogens with zero attached hydrogens (tertiary/aromatic N) is 2. The second-order valence-electron chi connectivity index (χ2n) is 6.85. The van der Waals surface area contributed by atoms with Gasteiger partial charge >= 0.3 is 0 Å². The summed E-state index contributed by atoms with van der Waals surface area (Å²) in [4.78, 5) is 31.1. The molecular weight excluding hydrogens is 407 g/mol. The zero-order valence-electron chi connectivity index (χ0n) is 15.6. The van der Waals surface area contributed by atoms with E-state index in [0.717, 1.165) is 0 Å². The van der Waals surface area contributed by atoms with E-state index in [1.807, 2.05) is 0 Å². The van der Waals surface area contributed by atoms with Crippen LogP contribution in [0.2, 0.25) is 5.02 Å². The molecule has 30 heavy (non-hydrogen) atoms. The number of hydrogen-bond acceptors (Lipinski definition) is 4. The van der Waals surface area contributed by atoms with E-state index in [1.165, 1.54) is 23.1 Å². The minimum atomic E-state index is -0.948. The lowest BCUT2D eigenvalue weighted by atomic mass is 9.95. The van der Waals surface area contributed by atoms with Crippen molar-refractivity contribution in [3.63, 3.8) is 0 Å². The number of rotatable bonds is 4. The average molecular weight is 423 g/mol. The van der Waals surface area contributed by atoms with Gasteiger partial charge in [-0.15, -0.1) is 0 Å². The molecule has 0 bridgehead atoms. The number of carbonyl (C=O) groups excluding carboxylic acids is 2. The number of Topliss-reactive ketones (excluding diaryl/α,β-unsaturated/α-hetero) is 1. The van der Waals surface area contributed by atoms with Gasteiger partial charge in [0.15, 0.2) is 0 Å². The summed E-state index contributed by atoms with van der Waals surface area (Å²) in [5.74, 6) is -2.46. The third-order valence-electron chi connectivity index (χ3n) is 4.90.